The highest BCUT2D eigenvalue weighted by Gasteiger charge is 2.34. The van der Waals surface area contributed by atoms with Gasteiger partial charge in [0.15, 0.2) is 23.2 Å². The second kappa shape index (κ2) is 7.25. The zero-order valence-corrected chi connectivity index (χ0v) is 18.2. The molecule has 0 saturated heterocycles. The van der Waals surface area contributed by atoms with Crippen LogP contribution in [0.2, 0.25) is 0 Å². The van der Waals surface area contributed by atoms with E-state index in [4.69, 9.17) is 4.52 Å². The highest BCUT2D eigenvalue weighted by Crippen LogP contribution is 2.29. The Balaban J connectivity index is 1.65. The van der Waals surface area contributed by atoms with Crippen molar-refractivity contribution in [1.82, 2.24) is 25.2 Å². The average molecular weight is 429 g/mol. The summed E-state index contributed by atoms with van der Waals surface area (Å²) in [6.45, 7) is 9.46. The van der Waals surface area contributed by atoms with E-state index >= 15 is 0 Å². The Morgan fingerprint density at radius 3 is 2.52 bits per heavy atom. The molecular weight excluding hydrogens is 404 g/mol. The number of fused-ring (bicyclic) bond motifs is 1. The number of carbonyl (C=O) groups is 1. The Labute approximate surface area is 178 Å². The van der Waals surface area contributed by atoms with Crippen molar-refractivity contribution in [3.8, 4) is 5.69 Å². The Kier molecular flexibility index (Phi) is 4.94. The van der Waals surface area contributed by atoms with Gasteiger partial charge in [-0.05, 0) is 45.2 Å². The summed E-state index contributed by atoms with van der Waals surface area (Å²) < 4.78 is 34.0. The molecule has 1 amide bonds. The van der Waals surface area contributed by atoms with Gasteiger partial charge in [-0.15, -0.1) is 0 Å². The van der Waals surface area contributed by atoms with Crippen molar-refractivity contribution in [3.63, 3.8) is 0 Å². The third-order valence-electron chi connectivity index (χ3n) is 5.35. The van der Waals surface area contributed by atoms with Crippen LogP contribution in [-0.4, -0.2) is 25.8 Å². The molecule has 0 saturated carbocycles. The number of aromatic nitrogens is 4. The summed E-state index contributed by atoms with van der Waals surface area (Å²) in [5.74, 6) is -1.43. The molecule has 0 radical (unpaired) electrons. The number of carbonyl (C=O) groups excluding carboxylic acids is 1. The van der Waals surface area contributed by atoms with Crippen molar-refractivity contribution in [2.45, 2.75) is 64.8 Å². The number of hydrogen-bond acceptors (Lipinski definition) is 5. The standard InChI is InChI=1S/C22H25F2N5O2/c1-21(2,3)20-25-19(28-31-20)22(4,5)26-18(30)17-13-7-6-8-16(13)29(27-17)12-9-10-14(23)15(24)11-12/h9-11H,6-8H2,1-5H3,(H,26,30). The molecule has 0 spiro atoms. The summed E-state index contributed by atoms with van der Waals surface area (Å²) >= 11 is 0. The van der Waals surface area contributed by atoms with Gasteiger partial charge in [-0.3, -0.25) is 4.79 Å². The molecule has 31 heavy (non-hydrogen) atoms. The highest BCUT2D eigenvalue weighted by molar-refractivity contribution is 5.94. The summed E-state index contributed by atoms with van der Waals surface area (Å²) in [5, 5.41) is 11.4. The van der Waals surface area contributed by atoms with Crippen molar-refractivity contribution in [1.29, 1.82) is 0 Å². The maximum absolute atomic E-state index is 13.8. The number of nitrogens with one attached hydrogen (secondary N) is 1. The maximum Gasteiger partial charge on any atom is 0.272 e. The molecule has 0 fully saturated rings. The number of halogens is 2. The van der Waals surface area contributed by atoms with Crippen LogP contribution in [0.15, 0.2) is 22.7 Å². The predicted octanol–water partition coefficient (Wildman–Crippen LogP) is 3.98. The van der Waals surface area contributed by atoms with Crippen LogP contribution in [0.1, 0.15) is 74.5 Å². The lowest BCUT2D eigenvalue weighted by Gasteiger charge is -2.22. The maximum atomic E-state index is 13.8. The first-order valence-electron chi connectivity index (χ1n) is 10.2. The molecule has 3 aromatic rings. The lowest BCUT2D eigenvalue weighted by molar-refractivity contribution is 0.0901. The lowest BCUT2D eigenvalue weighted by atomic mass is 9.97. The second-order valence-electron chi connectivity index (χ2n) is 9.39. The smallest absolute Gasteiger partial charge is 0.272 e. The van der Waals surface area contributed by atoms with Gasteiger partial charge in [0.2, 0.25) is 5.89 Å². The molecule has 4 rings (SSSR count). The predicted molar refractivity (Wildman–Crippen MR) is 109 cm³/mol. The first-order chi connectivity index (χ1) is 14.5. The van der Waals surface area contributed by atoms with Gasteiger partial charge in [-0.2, -0.15) is 10.1 Å². The van der Waals surface area contributed by atoms with E-state index in [1.165, 1.54) is 10.7 Å². The minimum atomic E-state index is -0.960. The zero-order valence-electron chi connectivity index (χ0n) is 18.2. The molecule has 0 unspecified atom stereocenters. The topological polar surface area (TPSA) is 85.8 Å². The molecule has 7 nitrogen and oxygen atoms in total. The summed E-state index contributed by atoms with van der Waals surface area (Å²) in [4.78, 5) is 17.6. The summed E-state index contributed by atoms with van der Waals surface area (Å²) in [7, 11) is 0. The van der Waals surface area contributed by atoms with Crippen LogP contribution in [-0.2, 0) is 23.8 Å². The van der Waals surface area contributed by atoms with E-state index in [1.54, 1.807) is 13.8 Å². The van der Waals surface area contributed by atoms with Gasteiger partial charge < -0.3 is 9.84 Å². The molecule has 2 heterocycles. The van der Waals surface area contributed by atoms with Gasteiger partial charge in [-0.1, -0.05) is 25.9 Å². The van der Waals surface area contributed by atoms with Crippen LogP contribution < -0.4 is 5.32 Å². The van der Waals surface area contributed by atoms with E-state index in [0.29, 0.717) is 30.2 Å². The summed E-state index contributed by atoms with van der Waals surface area (Å²) in [5.41, 5.74) is 1.09. The number of rotatable bonds is 4. The van der Waals surface area contributed by atoms with Crippen LogP contribution in [0.3, 0.4) is 0 Å². The lowest BCUT2D eigenvalue weighted by Crippen LogP contribution is -2.42. The van der Waals surface area contributed by atoms with Crippen molar-refractivity contribution < 1.29 is 18.1 Å². The Morgan fingerprint density at radius 1 is 1.13 bits per heavy atom. The number of benzene rings is 1. The van der Waals surface area contributed by atoms with Gasteiger partial charge in [0.25, 0.3) is 5.91 Å². The number of nitrogens with zero attached hydrogens (tertiary/aromatic N) is 4. The second-order valence-corrected chi connectivity index (χ2v) is 9.39. The Bertz CT molecular complexity index is 1160. The molecule has 2 aromatic heterocycles. The van der Waals surface area contributed by atoms with E-state index < -0.39 is 17.2 Å². The molecule has 0 atom stereocenters. The number of hydrogen-bond donors (Lipinski definition) is 1. The van der Waals surface area contributed by atoms with Gasteiger partial charge in [0, 0.05) is 22.7 Å². The molecule has 9 heteroatoms. The molecule has 1 N–H and O–H groups in total. The van der Waals surface area contributed by atoms with E-state index in [-0.39, 0.29) is 17.0 Å². The highest BCUT2D eigenvalue weighted by atomic mass is 19.2. The third-order valence-corrected chi connectivity index (χ3v) is 5.35. The average Bonchev–Trinajstić information content (AvgIpc) is 3.39. The van der Waals surface area contributed by atoms with E-state index in [9.17, 15) is 13.6 Å². The largest absolute Gasteiger partial charge is 0.339 e. The van der Waals surface area contributed by atoms with Crippen molar-refractivity contribution in [3.05, 3.63) is 58.5 Å². The minimum Gasteiger partial charge on any atom is -0.339 e. The van der Waals surface area contributed by atoms with E-state index in [1.807, 2.05) is 20.8 Å². The fourth-order valence-corrected chi connectivity index (χ4v) is 3.63. The molecule has 164 valence electrons. The van der Waals surface area contributed by atoms with Crippen molar-refractivity contribution in [2.24, 2.45) is 0 Å². The molecule has 0 bridgehead atoms. The number of amides is 1. The van der Waals surface area contributed by atoms with Crippen LogP contribution in [0, 0.1) is 11.6 Å². The Morgan fingerprint density at radius 2 is 1.87 bits per heavy atom. The van der Waals surface area contributed by atoms with Crippen LogP contribution in [0.25, 0.3) is 5.69 Å². The molecule has 0 aliphatic heterocycles. The summed E-state index contributed by atoms with van der Waals surface area (Å²) in [6, 6.07) is 3.59. The monoisotopic (exact) mass is 429 g/mol. The quantitative estimate of drug-likeness (QED) is 0.678. The molecular formula is C22H25F2N5O2. The normalized spacial score (nSPS) is 14.0. The fraction of sp³-hybridized carbons (Fsp3) is 0.455. The zero-order chi connectivity index (χ0) is 22.6. The fourth-order valence-electron chi connectivity index (χ4n) is 3.63. The van der Waals surface area contributed by atoms with Crippen LogP contribution >= 0.6 is 0 Å². The Hall–Kier alpha value is -3.10. The van der Waals surface area contributed by atoms with Gasteiger partial charge >= 0.3 is 0 Å². The van der Waals surface area contributed by atoms with Crippen molar-refractivity contribution in [2.75, 3.05) is 0 Å². The van der Waals surface area contributed by atoms with Crippen molar-refractivity contribution >= 4 is 5.91 Å². The van der Waals surface area contributed by atoms with Crippen LogP contribution in [0.5, 0.6) is 0 Å². The third kappa shape index (κ3) is 3.84. The SMILES string of the molecule is CC(C)(C)c1nc(C(C)(C)NC(=O)c2nn(-c3ccc(F)c(F)c3)c3c2CCC3)no1. The minimum absolute atomic E-state index is 0.268. The van der Waals surface area contributed by atoms with Gasteiger partial charge in [0.1, 0.15) is 0 Å². The molecule has 1 aromatic carbocycles. The summed E-state index contributed by atoms with van der Waals surface area (Å²) in [6.07, 6.45) is 2.26. The van der Waals surface area contributed by atoms with Crippen LogP contribution in [0.4, 0.5) is 8.78 Å². The van der Waals surface area contributed by atoms with E-state index in [2.05, 4.69) is 20.6 Å². The van der Waals surface area contributed by atoms with E-state index in [0.717, 1.165) is 29.8 Å². The molecule has 1 aliphatic rings. The first-order valence-corrected chi connectivity index (χ1v) is 10.2. The molecule has 1 aliphatic carbocycles. The van der Waals surface area contributed by atoms with Gasteiger partial charge in [0.05, 0.1) is 11.2 Å². The first kappa shape index (κ1) is 21.1. The van der Waals surface area contributed by atoms with Gasteiger partial charge in [-0.25, -0.2) is 13.5 Å².